The summed E-state index contributed by atoms with van der Waals surface area (Å²) in [5, 5.41) is 3.22. The minimum atomic E-state index is 0.0930. The number of hydrogen-bond acceptors (Lipinski definition) is 1. The van der Waals surface area contributed by atoms with Crippen LogP contribution in [-0.4, -0.2) is 10.5 Å². The van der Waals surface area contributed by atoms with Crippen molar-refractivity contribution in [3.63, 3.8) is 0 Å². The summed E-state index contributed by atoms with van der Waals surface area (Å²) in [6.07, 6.45) is 7.72. The van der Waals surface area contributed by atoms with Crippen LogP contribution < -0.4 is 5.32 Å². The lowest BCUT2D eigenvalue weighted by Crippen LogP contribution is -2.32. The Kier molecular flexibility index (Phi) is 4.38. The van der Waals surface area contributed by atoms with E-state index in [4.69, 9.17) is 0 Å². The zero-order valence-corrected chi connectivity index (χ0v) is 14.2. The SMILES string of the molecule is O=C(Cc1ccc(-n2cccc2)cc1)NC1CCCc2ccccc21. The van der Waals surface area contributed by atoms with Crippen molar-refractivity contribution in [2.45, 2.75) is 31.7 Å². The topological polar surface area (TPSA) is 34.0 Å². The Morgan fingerprint density at radius 1 is 1.00 bits per heavy atom. The number of fused-ring (bicyclic) bond motifs is 1. The fourth-order valence-corrected chi connectivity index (χ4v) is 3.63. The van der Waals surface area contributed by atoms with E-state index in [1.54, 1.807) is 0 Å². The molecule has 1 N–H and O–H groups in total. The van der Waals surface area contributed by atoms with Crippen molar-refractivity contribution < 1.29 is 4.79 Å². The summed E-state index contributed by atoms with van der Waals surface area (Å²) in [6.45, 7) is 0. The van der Waals surface area contributed by atoms with Crippen molar-refractivity contribution in [1.29, 1.82) is 0 Å². The molecule has 1 amide bonds. The van der Waals surface area contributed by atoms with Gasteiger partial charge in [0.1, 0.15) is 0 Å². The normalized spacial score (nSPS) is 16.2. The van der Waals surface area contributed by atoms with Crippen LogP contribution in [0.4, 0.5) is 0 Å². The summed E-state index contributed by atoms with van der Waals surface area (Å²) in [5.41, 5.74) is 4.80. The van der Waals surface area contributed by atoms with Crippen LogP contribution in [0.15, 0.2) is 73.1 Å². The van der Waals surface area contributed by atoms with Gasteiger partial charge in [0.2, 0.25) is 5.91 Å². The van der Waals surface area contributed by atoms with Crippen LogP contribution in [0, 0.1) is 0 Å². The van der Waals surface area contributed by atoms with Crippen LogP contribution in [0.2, 0.25) is 0 Å². The third kappa shape index (κ3) is 3.50. The average Bonchev–Trinajstić information content (AvgIpc) is 3.17. The Balaban J connectivity index is 1.41. The second-order valence-electron chi connectivity index (χ2n) is 6.64. The molecule has 1 aliphatic carbocycles. The maximum absolute atomic E-state index is 12.5. The first-order valence-corrected chi connectivity index (χ1v) is 8.89. The number of aromatic nitrogens is 1. The van der Waals surface area contributed by atoms with Gasteiger partial charge in [0.25, 0.3) is 0 Å². The number of aryl methyl sites for hydroxylation is 1. The third-order valence-electron chi connectivity index (χ3n) is 4.91. The highest BCUT2D eigenvalue weighted by Crippen LogP contribution is 2.29. The number of nitrogens with one attached hydrogen (secondary N) is 1. The molecule has 1 atom stereocenters. The molecular weight excluding hydrogens is 308 g/mol. The fourth-order valence-electron chi connectivity index (χ4n) is 3.63. The highest BCUT2D eigenvalue weighted by molar-refractivity contribution is 5.79. The van der Waals surface area contributed by atoms with E-state index in [-0.39, 0.29) is 11.9 Å². The van der Waals surface area contributed by atoms with E-state index in [0.717, 1.165) is 30.5 Å². The molecule has 0 aliphatic heterocycles. The lowest BCUT2D eigenvalue weighted by atomic mass is 9.87. The molecule has 3 aromatic rings. The van der Waals surface area contributed by atoms with E-state index >= 15 is 0 Å². The van der Waals surface area contributed by atoms with Gasteiger partial charge in [0.05, 0.1) is 12.5 Å². The minimum absolute atomic E-state index is 0.0930. The molecular formula is C22H22N2O. The highest BCUT2D eigenvalue weighted by atomic mass is 16.1. The molecule has 0 saturated carbocycles. The van der Waals surface area contributed by atoms with Crippen LogP contribution in [0.3, 0.4) is 0 Å². The zero-order valence-electron chi connectivity index (χ0n) is 14.2. The quantitative estimate of drug-likeness (QED) is 0.764. The maximum atomic E-state index is 12.5. The number of benzene rings is 2. The molecule has 2 aromatic carbocycles. The second kappa shape index (κ2) is 6.98. The van der Waals surface area contributed by atoms with E-state index in [1.165, 1.54) is 11.1 Å². The Morgan fingerprint density at radius 2 is 1.76 bits per heavy atom. The Labute approximate surface area is 148 Å². The summed E-state index contributed by atoms with van der Waals surface area (Å²) < 4.78 is 2.06. The van der Waals surface area contributed by atoms with E-state index < -0.39 is 0 Å². The summed E-state index contributed by atoms with van der Waals surface area (Å²) in [4.78, 5) is 12.5. The number of amides is 1. The first-order valence-electron chi connectivity index (χ1n) is 8.89. The number of rotatable bonds is 4. The van der Waals surface area contributed by atoms with Crippen molar-refractivity contribution in [3.05, 3.63) is 89.7 Å². The van der Waals surface area contributed by atoms with Gasteiger partial charge in [-0.05, 0) is 60.2 Å². The average molecular weight is 330 g/mol. The molecule has 0 saturated heterocycles. The van der Waals surface area contributed by atoms with E-state index in [1.807, 2.05) is 36.7 Å². The lowest BCUT2D eigenvalue weighted by molar-refractivity contribution is -0.121. The van der Waals surface area contributed by atoms with Crippen LogP contribution in [0.1, 0.15) is 35.6 Å². The Hall–Kier alpha value is -2.81. The summed E-state index contributed by atoms with van der Waals surface area (Å²) >= 11 is 0. The molecule has 0 spiro atoms. The third-order valence-corrected chi connectivity index (χ3v) is 4.91. The first-order chi connectivity index (χ1) is 12.3. The van der Waals surface area contributed by atoms with Crippen molar-refractivity contribution in [2.24, 2.45) is 0 Å². The Morgan fingerprint density at radius 3 is 2.56 bits per heavy atom. The fraction of sp³-hybridized carbons (Fsp3) is 0.227. The number of carbonyl (C=O) groups excluding carboxylic acids is 1. The van der Waals surface area contributed by atoms with E-state index in [2.05, 4.69) is 46.3 Å². The molecule has 1 unspecified atom stereocenters. The van der Waals surface area contributed by atoms with Gasteiger partial charge in [-0.15, -0.1) is 0 Å². The van der Waals surface area contributed by atoms with Gasteiger partial charge in [-0.2, -0.15) is 0 Å². The van der Waals surface area contributed by atoms with Crippen LogP contribution in [0.5, 0.6) is 0 Å². The molecule has 3 nitrogen and oxygen atoms in total. The van der Waals surface area contributed by atoms with Gasteiger partial charge >= 0.3 is 0 Å². The summed E-state index contributed by atoms with van der Waals surface area (Å²) in [5.74, 6) is 0.0930. The summed E-state index contributed by atoms with van der Waals surface area (Å²) in [7, 11) is 0. The van der Waals surface area contributed by atoms with Gasteiger partial charge in [-0.1, -0.05) is 36.4 Å². The monoisotopic (exact) mass is 330 g/mol. The van der Waals surface area contributed by atoms with Crippen molar-refractivity contribution in [2.75, 3.05) is 0 Å². The molecule has 1 aromatic heterocycles. The summed E-state index contributed by atoms with van der Waals surface area (Å²) in [6, 6.07) is 20.8. The molecule has 4 rings (SSSR count). The van der Waals surface area contributed by atoms with Crippen molar-refractivity contribution >= 4 is 5.91 Å². The second-order valence-corrected chi connectivity index (χ2v) is 6.64. The highest BCUT2D eigenvalue weighted by Gasteiger charge is 2.21. The minimum Gasteiger partial charge on any atom is -0.349 e. The van der Waals surface area contributed by atoms with E-state index in [0.29, 0.717) is 6.42 Å². The smallest absolute Gasteiger partial charge is 0.224 e. The van der Waals surface area contributed by atoms with Crippen molar-refractivity contribution in [3.8, 4) is 5.69 Å². The molecule has 126 valence electrons. The molecule has 1 heterocycles. The molecule has 0 radical (unpaired) electrons. The van der Waals surface area contributed by atoms with Crippen LogP contribution >= 0.6 is 0 Å². The van der Waals surface area contributed by atoms with Gasteiger partial charge < -0.3 is 9.88 Å². The number of carbonyl (C=O) groups is 1. The number of hydrogen-bond donors (Lipinski definition) is 1. The maximum Gasteiger partial charge on any atom is 0.224 e. The van der Waals surface area contributed by atoms with Gasteiger partial charge in [-0.3, -0.25) is 4.79 Å². The predicted octanol–water partition coefficient (Wildman–Crippen LogP) is 4.21. The standard InChI is InChI=1S/C22H22N2O/c25-22(23-21-9-5-7-18-6-1-2-8-20(18)21)16-17-10-12-19(13-11-17)24-14-3-4-15-24/h1-4,6,8,10-15,21H,5,7,9,16H2,(H,23,25). The molecule has 3 heteroatoms. The molecule has 0 fully saturated rings. The van der Waals surface area contributed by atoms with Gasteiger partial charge in [0.15, 0.2) is 0 Å². The zero-order chi connectivity index (χ0) is 17.1. The van der Waals surface area contributed by atoms with Crippen LogP contribution in [-0.2, 0) is 17.6 Å². The lowest BCUT2D eigenvalue weighted by Gasteiger charge is -2.26. The van der Waals surface area contributed by atoms with Gasteiger partial charge in [-0.25, -0.2) is 0 Å². The molecule has 25 heavy (non-hydrogen) atoms. The largest absolute Gasteiger partial charge is 0.349 e. The predicted molar refractivity (Wildman–Crippen MR) is 99.7 cm³/mol. The molecule has 1 aliphatic rings. The van der Waals surface area contributed by atoms with Gasteiger partial charge in [0, 0.05) is 18.1 Å². The molecule has 0 bridgehead atoms. The Bertz CT molecular complexity index is 850. The van der Waals surface area contributed by atoms with Crippen LogP contribution in [0.25, 0.3) is 5.69 Å². The number of nitrogens with zero attached hydrogens (tertiary/aromatic N) is 1. The van der Waals surface area contributed by atoms with Crippen molar-refractivity contribution in [1.82, 2.24) is 9.88 Å². The van der Waals surface area contributed by atoms with E-state index in [9.17, 15) is 4.79 Å². The first kappa shape index (κ1) is 15.7.